The highest BCUT2D eigenvalue weighted by atomic mass is 16.5. The van der Waals surface area contributed by atoms with Crippen LogP contribution in [0.3, 0.4) is 0 Å². The van der Waals surface area contributed by atoms with Crippen LogP contribution in [0.25, 0.3) is 0 Å². The minimum Gasteiger partial charge on any atom is -0.496 e. The summed E-state index contributed by atoms with van der Waals surface area (Å²) < 4.78 is 7.64. The van der Waals surface area contributed by atoms with Crippen molar-refractivity contribution in [3.63, 3.8) is 0 Å². The maximum Gasteiger partial charge on any atom is 0.220 e. The van der Waals surface area contributed by atoms with E-state index in [1.807, 2.05) is 18.3 Å². The molecule has 1 N–H and O–H groups in total. The summed E-state index contributed by atoms with van der Waals surface area (Å²) in [6.07, 6.45) is 5.89. The number of nitrogens with one attached hydrogen (secondary N) is 1. The average Bonchev–Trinajstić information content (AvgIpc) is 3.35. The number of methoxy groups -OCH3 is 1. The van der Waals surface area contributed by atoms with Crippen LogP contribution in [-0.4, -0.2) is 40.8 Å². The summed E-state index contributed by atoms with van der Waals surface area (Å²) in [5, 5.41) is 7.61. The number of benzene rings is 1. The second kappa shape index (κ2) is 8.13. The van der Waals surface area contributed by atoms with E-state index < -0.39 is 0 Å². The lowest BCUT2D eigenvalue weighted by Crippen LogP contribution is -2.39. The molecule has 1 aromatic carbocycles. The van der Waals surface area contributed by atoms with Gasteiger partial charge >= 0.3 is 0 Å². The Morgan fingerprint density at radius 2 is 2.15 bits per heavy atom. The Kier molecular flexibility index (Phi) is 5.43. The van der Waals surface area contributed by atoms with Crippen molar-refractivity contribution >= 4 is 5.91 Å². The van der Waals surface area contributed by atoms with Crippen LogP contribution in [-0.2, 0) is 17.9 Å². The Morgan fingerprint density at radius 3 is 2.96 bits per heavy atom. The van der Waals surface area contributed by atoms with Crippen molar-refractivity contribution in [2.75, 3.05) is 20.2 Å². The van der Waals surface area contributed by atoms with Crippen LogP contribution in [0.5, 0.6) is 5.75 Å². The fraction of sp³-hybridized carbons (Fsp3) is 0.524. The number of hydrogen-bond donors (Lipinski definition) is 1. The Hall–Kier alpha value is -2.34. The third kappa shape index (κ3) is 4.50. The van der Waals surface area contributed by atoms with Gasteiger partial charge in [0.05, 0.1) is 18.8 Å². The minimum absolute atomic E-state index is 0.194. The molecule has 1 aromatic heterocycles. The molecule has 0 bridgehead atoms. The lowest BCUT2D eigenvalue weighted by atomic mass is 10.1. The molecule has 1 fully saturated rings. The van der Waals surface area contributed by atoms with Gasteiger partial charge in [-0.05, 0) is 37.3 Å². The summed E-state index contributed by atoms with van der Waals surface area (Å²) in [5.41, 5.74) is 2.43. The number of fused-ring (bicyclic) bond motifs is 1. The van der Waals surface area contributed by atoms with Crippen LogP contribution in [0.2, 0.25) is 0 Å². The molecule has 2 heterocycles. The van der Waals surface area contributed by atoms with E-state index in [9.17, 15) is 4.79 Å². The summed E-state index contributed by atoms with van der Waals surface area (Å²) in [5.74, 6) is 1.76. The number of aromatic nitrogens is 2. The maximum absolute atomic E-state index is 11.9. The summed E-state index contributed by atoms with van der Waals surface area (Å²) in [6.45, 7) is 3.35. The molecule has 1 saturated carbocycles. The van der Waals surface area contributed by atoms with Crippen LogP contribution >= 0.6 is 0 Å². The summed E-state index contributed by atoms with van der Waals surface area (Å²) in [4.78, 5) is 14.4. The zero-order valence-electron chi connectivity index (χ0n) is 15.9. The normalized spacial score (nSPS) is 19.5. The van der Waals surface area contributed by atoms with Gasteiger partial charge in [0.2, 0.25) is 5.91 Å². The minimum atomic E-state index is 0.194. The maximum atomic E-state index is 11.9. The highest BCUT2D eigenvalue weighted by molar-refractivity contribution is 5.76. The van der Waals surface area contributed by atoms with Crippen LogP contribution in [0.1, 0.15) is 43.0 Å². The number of nitrogens with zero attached hydrogens (tertiary/aromatic N) is 3. The number of rotatable bonds is 8. The van der Waals surface area contributed by atoms with Crippen molar-refractivity contribution in [3.05, 3.63) is 47.8 Å². The van der Waals surface area contributed by atoms with Gasteiger partial charge in [0.25, 0.3) is 0 Å². The number of carbonyl (C=O) groups excluding carboxylic acids is 1. The molecule has 6 nitrogen and oxygen atoms in total. The predicted octanol–water partition coefficient (Wildman–Crippen LogP) is 2.76. The van der Waals surface area contributed by atoms with Crippen molar-refractivity contribution < 1.29 is 9.53 Å². The highest BCUT2D eigenvalue weighted by Crippen LogP contribution is 2.32. The lowest BCUT2D eigenvalue weighted by Gasteiger charge is -2.34. The first-order valence-corrected chi connectivity index (χ1v) is 9.86. The Morgan fingerprint density at radius 1 is 1.30 bits per heavy atom. The Labute approximate surface area is 160 Å². The predicted molar refractivity (Wildman–Crippen MR) is 103 cm³/mol. The fourth-order valence-corrected chi connectivity index (χ4v) is 3.91. The van der Waals surface area contributed by atoms with Gasteiger partial charge in [0.15, 0.2) is 0 Å². The van der Waals surface area contributed by atoms with E-state index in [-0.39, 0.29) is 11.9 Å². The van der Waals surface area contributed by atoms with E-state index in [4.69, 9.17) is 4.74 Å². The van der Waals surface area contributed by atoms with Crippen molar-refractivity contribution in [2.45, 2.75) is 44.8 Å². The van der Waals surface area contributed by atoms with Crippen molar-refractivity contribution in [3.8, 4) is 5.75 Å². The monoisotopic (exact) mass is 368 g/mol. The molecule has 27 heavy (non-hydrogen) atoms. The van der Waals surface area contributed by atoms with Gasteiger partial charge in [-0.1, -0.05) is 18.2 Å². The van der Waals surface area contributed by atoms with Gasteiger partial charge in [0.1, 0.15) is 5.75 Å². The van der Waals surface area contributed by atoms with Crippen LogP contribution < -0.4 is 10.1 Å². The van der Waals surface area contributed by atoms with Crippen molar-refractivity contribution in [2.24, 2.45) is 5.92 Å². The molecule has 1 aliphatic heterocycles. The molecule has 2 aliphatic rings. The smallest absolute Gasteiger partial charge is 0.220 e. The zero-order chi connectivity index (χ0) is 18.6. The number of ether oxygens (including phenoxy) is 1. The fourth-order valence-electron chi connectivity index (χ4n) is 3.91. The lowest BCUT2D eigenvalue weighted by molar-refractivity contribution is -0.121. The SMILES string of the molecule is COc1ccccc1CN1Cc2ccnn2[C@H](CCNC(=O)CC2CC2)C1. The molecule has 6 heteroatoms. The molecule has 0 radical (unpaired) electrons. The van der Waals surface area contributed by atoms with E-state index in [2.05, 4.69) is 38.2 Å². The molecule has 1 aliphatic carbocycles. The standard InChI is InChI=1S/C21H28N4O2/c1-27-20-5-3-2-4-17(20)13-24-14-18(25-19(15-24)9-11-23-25)8-10-22-21(26)12-16-6-7-16/h2-5,9,11,16,18H,6-8,10,12-15H2,1H3,(H,22,26)/t18-/m1/s1. The van der Waals surface area contributed by atoms with E-state index in [1.165, 1.54) is 24.1 Å². The van der Waals surface area contributed by atoms with Crippen molar-refractivity contribution in [1.29, 1.82) is 0 Å². The van der Waals surface area contributed by atoms with Gasteiger partial charge in [-0.3, -0.25) is 14.4 Å². The second-order valence-corrected chi connectivity index (χ2v) is 7.69. The highest BCUT2D eigenvalue weighted by Gasteiger charge is 2.27. The average molecular weight is 368 g/mol. The molecule has 1 atom stereocenters. The Bertz CT molecular complexity index is 784. The van der Waals surface area contributed by atoms with Gasteiger partial charge in [-0.15, -0.1) is 0 Å². The number of hydrogen-bond acceptors (Lipinski definition) is 4. The van der Waals surface area contributed by atoms with E-state index >= 15 is 0 Å². The molecule has 0 spiro atoms. The third-order valence-corrected chi connectivity index (χ3v) is 5.51. The topological polar surface area (TPSA) is 59.4 Å². The molecule has 144 valence electrons. The molecule has 4 rings (SSSR count). The van der Waals surface area contributed by atoms with Gasteiger partial charge in [0, 0.05) is 44.4 Å². The van der Waals surface area contributed by atoms with E-state index in [0.717, 1.165) is 31.8 Å². The van der Waals surface area contributed by atoms with Crippen LogP contribution in [0.4, 0.5) is 0 Å². The van der Waals surface area contributed by atoms with Crippen LogP contribution in [0, 0.1) is 5.92 Å². The van der Waals surface area contributed by atoms with Gasteiger partial charge in [-0.2, -0.15) is 5.10 Å². The first kappa shape index (κ1) is 18.0. The molecule has 0 unspecified atom stereocenters. The third-order valence-electron chi connectivity index (χ3n) is 5.51. The van der Waals surface area contributed by atoms with E-state index in [1.54, 1.807) is 7.11 Å². The Balaban J connectivity index is 1.37. The first-order valence-electron chi connectivity index (χ1n) is 9.86. The molecule has 0 saturated heterocycles. The van der Waals surface area contributed by atoms with Crippen LogP contribution in [0.15, 0.2) is 36.5 Å². The van der Waals surface area contributed by atoms with E-state index in [0.29, 0.717) is 18.9 Å². The molecular weight excluding hydrogens is 340 g/mol. The first-order chi connectivity index (χ1) is 13.2. The largest absolute Gasteiger partial charge is 0.496 e. The second-order valence-electron chi connectivity index (χ2n) is 7.69. The van der Waals surface area contributed by atoms with Gasteiger partial charge in [-0.25, -0.2) is 0 Å². The molecular formula is C21H28N4O2. The summed E-state index contributed by atoms with van der Waals surface area (Å²) in [7, 11) is 1.72. The number of amides is 1. The number of carbonyl (C=O) groups is 1. The molecule has 2 aromatic rings. The quantitative estimate of drug-likeness (QED) is 0.778. The number of para-hydroxylation sites is 1. The van der Waals surface area contributed by atoms with Crippen molar-refractivity contribution in [1.82, 2.24) is 20.0 Å². The molecule has 1 amide bonds. The summed E-state index contributed by atoms with van der Waals surface area (Å²) in [6, 6.07) is 10.6. The summed E-state index contributed by atoms with van der Waals surface area (Å²) >= 11 is 0. The van der Waals surface area contributed by atoms with Gasteiger partial charge < -0.3 is 10.1 Å². The zero-order valence-corrected chi connectivity index (χ0v) is 15.9.